The number of benzene rings is 2. The highest BCUT2D eigenvalue weighted by molar-refractivity contribution is 9.10. The van der Waals surface area contributed by atoms with Crippen LogP contribution < -0.4 is 10.1 Å². The third-order valence-electron chi connectivity index (χ3n) is 2.91. The number of ether oxygens (including phenoxy) is 1. The third kappa shape index (κ3) is 7.75. The van der Waals surface area contributed by atoms with E-state index < -0.39 is 11.9 Å². The van der Waals surface area contributed by atoms with Gasteiger partial charge in [-0.05, 0) is 35.4 Å². The van der Waals surface area contributed by atoms with Gasteiger partial charge < -0.3 is 20.3 Å². The van der Waals surface area contributed by atoms with Gasteiger partial charge in [-0.1, -0.05) is 40.2 Å². The van der Waals surface area contributed by atoms with Crippen molar-refractivity contribution in [2.75, 3.05) is 7.11 Å². The van der Waals surface area contributed by atoms with E-state index in [9.17, 15) is 0 Å². The molecule has 0 atom stereocenters. The molecule has 0 unspecified atom stereocenters. The van der Waals surface area contributed by atoms with E-state index in [-0.39, 0.29) is 0 Å². The number of aliphatic carboxylic acids is 2. The summed E-state index contributed by atoms with van der Waals surface area (Å²) in [6, 6.07) is 16.5. The van der Waals surface area contributed by atoms with E-state index in [0.29, 0.717) is 0 Å². The molecular weight excluding hydrogens is 378 g/mol. The summed E-state index contributed by atoms with van der Waals surface area (Å²) in [7, 11) is 1.68. The van der Waals surface area contributed by atoms with Gasteiger partial charge in [0.2, 0.25) is 0 Å². The van der Waals surface area contributed by atoms with Crippen molar-refractivity contribution in [3.63, 3.8) is 0 Å². The number of halogens is 1. The van der Waals surface area contributed by atoms with Gasteiger partial charge in [-0.3, -0.25) is 0 Å². The number of methoxy groups -OCH3 is 1. The predicted molar refractivity (Wildman–Crippen MR) is 93.0 cm³/mol. The van der Waals surface area contributed by atoms with Crippen LogP contribution in [0.5, 0.6) is 5.75 Å². The van der Waals surface area contributed by atoms with E-state index >= 15 is 0 Å². The van der Waals surface area contributed by atoms with Crippen LogP contribution in [0.15, 0.2) is 53.0 Å². The molecule has 0 amide bonds. The molecule has 0 aromatic heterocycles. The molecule has 0 bridgehead atoms. The van der Waals surface area contributed by atoms with Crippen LogP contribution in [0, 0.1) is 0 Å². The van der Waals surface area contributed by atoms with E-state index in [0.717, 1.165) is 23.3 Å². The van der Waals surface area contributed by atoms with Gasteiger partial charge in [0.25, 0.3) is 0 Å². The standard InChI is InChI=1S/C15H16BrNO.C2H2O4/c1-18-15-8-4-13(5-9-15)11-17-10-12-2-6-14(16)7-3-12;3-1(4)2(5)6/h2-9,17H,10-11H2,1H3;(H,3,4)(H,5,6). The minimum absolute atomic E-state index is 0.861. The first-order valence-corrected chi connectivity index (χ1v) is 7.76. The Morgan fingerprint density at radius 2 is 1.33 bits per heavy atom. The van der Waals surface area contributed by atoms with Gasteiger partial charge in [-0.25, -0.2) is 9.59 Å². The molecular formula is C17H18BrNO5. The molecule has 0 saturated heterocycles. The van der Waals surface area contributed by atoms with E-state index in [1.54, 1.807) is 7.11 Å². The molecule has 24 heavy (non-hydrogen) atoms. The molecule has 0 heterocycles. The first kappa shape index (κ1) is 19.7. The zero-order valence-corrected chi connectivity index (χ0v) is 14.6. The Balaban J connectivity index is 0.000000413. The number of carboxylic acids is 2. The molecule has 0 aliphatic heterocycles. The SMILES string of the molecule is COc1ccc(CNCc2ccc(Br)cc2)cc1.O=C(O)C(=O)O. The minimum Gasteiger partial charge on any atom is -0.497 e. The first-order valence-electron chi connectivity index (χ1n) is 6.96. The van der Waals surface area contributed by atoms with Crippen LogP contribution in [0.4, 0.5) is 0 Å². The van der Waals surface area contributed by atoms with Crippen molar-refractivity contribution >= 4 is 27.9 Å². The second kappa shape index (κ2) is 10.4. The monoisotopic (exact) mass is 395 g/mol. The zero-order chi connectivity index (χ0) is 17.9. The summed E-state index contributed by atoms with van der Waals surface area (Å²) < 4.78 is 6.24. The number of carbonyl (C=O) groups is 2. The Morgan fingerprint density at radius 3 is 1.71 bits per heavy atom. The molecule has 0 aliphatic carbocycles. The van der Waals surface area contributed by atoms with Crippen molar-refractivity contribution < 1.29 is 24.5 Å². The van der Waals surface area contributed by atoms with Crippen LogP contribution in [-0.4, -0.2) is 29.3 Å². The summed E-state index contributed by atoms with van der Waals surface area (Å²) in [5.41, 5.74) is 2.54. The fraction of sp³-hybridized carbons (Fsp3) is 0.176. The molecule has 0 spiro atoms. The quantitative estimate of drug-likeness (QED) is 0.673. The lowest BCUT2D eigenvalue weighted by atomic mass is 10.2. The Labute approximate surface area is 148 Å². The van der Waals surface area contributed by atoms with Gasteiger partial charge in [0.15, 0.2) is 0 Å². The lowest BCUT2D eigenvalue weighted by Crippen LogP contribution is -2.12. The van der Waals surface area contributed by atoms with E-state index in [1.165, 1.54) is 11.1 Å². The smallest absolute Gasteiger partial charge is 0.414 e. The van der Waals surface area contributed by atoms with Gasteiger partial charge in [-0.15, -0.1) is 0 Å². The van der Waals surface area contributed by atoms with E-state index in [2.05, 4.69) is 57.6 Å². The molecule has 128 valence electrons. The molecule has 7 heteroatoms. The fourth-order valence-corrected chi connectivity index (χ4v) is 1.96. The fourth-order valence-electron chi connectivity index (χ4n) is 1.70. The Hall–Kier alpha value is -2.38. The summed E-state index contributed by atoms with van der Waals surface area (Å²) in [6.45, 7) is 1.74. The number of nitrogens with one attached hydrogen (secondary N) is 1. The predicted octanol–water partition coefficient (Wildman–Crippen LogP) is 2.90. The maximum atomic E-state index is 9.10. The molecule has 6 nitrogen and oxygen atoms in total. The molecule has 0 radical (unpaired) electrons. The topological polar surface area (TPSA) is 95.9 Å². The number of rotatable bonds is 5. The summed E-state index contributed by atoms with van der Waals surface area (Å²) in [6.07, 6.45) is 0. The number of carboxylic acid groups (broad SMARTS) is 2. The molecule has 3 N–H and O–H groups in total. The van der Waals surface area contributed by atoms with E-state index in [4.69, 9.17) is 24.5 Å². The van der Waals surface area contributed by atoms with Gasteiger partial charge in [-0.2, -0.15) is 0 Å². The summed E-state index contributed by atoms with van der Waals surface area (Å²) in [5.74, 6) is -2.75. The van der Waals surface area contributed by atoms with Gasteiger partial charge in [0.05, 0.1) is 7.11 Å². The van der Waals surface area contributed by atoms with Crippen molar-refractivity contribution in [2.45, 2.75) is 13.1 Å². The van der Waals surface area contributed by atoms with Crippen LogP contribution >= 0.6 is 15.9 Å². The first-order chi connectivity index (χ1) is 11.4. The van der Waals surface area contributed by atoms with Gasteiger partial charge in [0, 0.05) is 17.6 Å². The molecule has 0 aliphatic rings. The summed E-state index contributed by atoms with van der Waals surface area (Å²) in [5, 5.41) is 18.2. The maximum absolute atomic E-state index is 9.10. The zero-order valence-electron chi connectivity index (χ0n) is 13.0. The highest BCUT2D eigenvalue weighted by Gasteiger charge is 2.04. The Morgan fingerprint density at radius 1 is 0.917 bits per heavy atom. The Bertz CT molecular complexity index is 644. The lowest BCUT2D eigenvalue weighted by Gasteiger charge is -2.06. The van der Waals surface area contributed by atoms with Crippen LogP contribution in [0.25, 0.3) is 0 Å². The highest BCUT2D eigenvalue weighted by Crippen LogP contribution is 2.12. The van der Waals surface area contributed by atoms with Crippen molar-refractivity contribution in [1.82, 2.24) is 5.32 Å². The Kier molecular flexibility index (Phi) is 8.53. The van der Waals surface area contributed by atoms with E-state index in [1.807, 2.05) is 12.1 Å². The van der Waals surface area contributed by atoms with Gasteiger partial charge >= 0.3 is 11.9 Å². The van der Waals surface area contributed by atoms with Crippen molar-refractivity contribution in [2.24, 2.45) is 0 Å². The third-order valence-corrected chi connectivity index (χ3v) is 3.44. The normalized spacial score (nSPS) is 9.58. The van der Waals surface area contributed by atoms with Gasteiger partial charge in [0.1, 0.15) is 5.75 Å². The van der Waals surface area contributed by atoms with Crippen LogP contribution in [0.1, 0.15) is 11.1 Å². The molecule has 0 saturated carbocycles. The lowest BCUT2D eigenvalue weighted by molar-refractivity contribution is -0.159. The van der Waals surface area contributed by atoms with Crippen LogP contribution in [-0.2, 0) is 22.7 Å². The summed E-state index contributed by atoms with van der Waals surface area (Å²) in [4.78, 5) is 18.2. The molecule has 2 aromatic carbocycles. The van der Waals surface area contributed by atoms with Crippen molar-refractivity contribution in [1.29, 1.82) is 0 Å². The molecule has 2 aromatic rings. The molecule has 0 fully saturated rings. The number of hydrogen-bond acceptors (Lipinski definition) is 4. The number of hydrogen-bond donors (Lipinski definition) is 3. The second-order valence-electron chi connectivity index (χ2n) is 4.69. The second-order valence-corrected chi connectivity index (χ2v) is 5.60. The average molecular weight is 396 g/mol. The summed E-state index contributed by atoms with van der Waals surface area (Å²) >= 11 is 3.43. The minimum atomic E-state index is -1.82. The largest absolute Gasteiger partial charge is 0.497 e. The molecule has 2 rings (SSSR count). The van der Waals surface area contributed by atoms with Crippen LogP contribution in [0.3, 0.4) is 0 Å². The maximum Gasteiger partial charge on any atom is 0.414 e. The average Bonchev–Trinajstić information content (AvgIpc) is 2.58. The van der Waals surface area contributed by atoms with Crippen molar-refractivity contribution in [3.8, 4) is 5.75 Å². The van der Waals surface area contributed by atoms with Crippen molar-refractivity contribution in [3.05, 3.63) is 64.1 Å². The highest BCUT2D eigenvalue weighted by atomic mass is 79.9. The van der Waals surface area contributed by atoms with Crippen LogP contribution in [0.2, 0.25) is 0 Å².